The lowest BCUT2D eigenvalue weighted by Gasteiger charge is -2.10. The first-order chi connectivity index (χ1) is 14.0. The fourth-order valence-electron chi connectivity index (χ4n) is 3.12. The topological polar surface area (TPSA) is 86.2 Å². The summed E-state index contributed by atoms with van der Waals surface area (Å²) >= 11 is 1.16. The molecule has 4 aromatic rings. The number of hydrogen-bond donors (Lipinski definition) is 1. The van der Waals surface area contributed by atoms with Gasteiger partial charge in [-0.25, -0.2) is 13.8 Å². The molecule has 2 N–H and O–H groups in total. The van der Waals surface area contributed by atoms with E-state index in [2.05, 4.69) is 15.2 Å². The summed E-state index contributed by atoms with van der Waals surface area (Å²) in [6, 6.07) is 15.9. The van der Waals surface area contributed by atoms with E-state index in [0.717, 1.165) is 28.6 Å². The number of aryl methyl sites for hydroxylation is 1. The summed E-state index contributed by atoms with van der Waals surface area (Å²) in [4.78, 5) is 16.8. The monoisotopic (exact) mass is 407 g/mol. The smallest absolute Gasteiger partial charge is 0.208 e. The fraction of sp³-hybridized carbons (Fsp3) is 0.143. The van der Waals surface area contributed by atoms with Gasteiger partial charge in [0.05, 0.1) is 11.3 Å². The molecule has 0 radical (unpaired) electrons. The van der Waals surface area contributed by atoms with Crippen molar-refractivity contribution in [2.75, 3.05) is 11.5 Å². The minimum atomic E-state index is -0.536. The van der Waals surface area contributed by atoms with E-state index in [-0.39, 0.29) is 23.0 Å². The Morgan fingerprint density at radius 1 is 1.10 bits per heavy atom. The third-order valence-electron chi connectivity index (χ3n) is 4.58. The first-order valence-corrected chi connectivity index (χ1v) is 9.97. The Bertz CT molecular complexity index is 1190. The number of thioether (sulfide) groups is 1. The van der Waals surface area contributed by atoms with Crippen LogP contribution in [-0.2, 0) is 6.42 Å². The maximum Gasteiger partial charge on any atom is 0.208 e. The van der Waals surface area contributed by atoms with Crippen LogP contribution in [0.4, 0.5) is 10.3 Å². The molecule has 0 aliphatic heterocycles. The quantitative estimate of drug-likeness (QED) is 0.387. The number of nitrogens with zero attached hydrogens (tertiary/aromatic N) is 4. The zero-order chi connectivity index (χ0) is 20.4. The minimum absolute atomic E-state index is 0.0169. The molecule has 0 saturated carbocycles. The Balaban J connectivity index is 1.64. The van der Waals surface area contributed by atoms with Crippen molar-refractivity contribution in [1.29, 1.82) is 0 Å². The van der Waals surface area contributed by atoms with Crippen LogP contribution < -0.4 is 5.73 Å². The number of hydrogen-bond acceptors (Lipinski definition) is 6. The summed E-state index contributed by atoms with van der Waals surface area (Å²) in [6.07, 6.45) is 0.639. The number of nitrogens with two attached hydrogens (primary N) is 1. The number of ketones is 1. The van der Waals surface area contributed by atoms with Gasteiger partial charge >= 0.3 is 0 Å². The number of carbonyl (C=O) groups excluding carboxylic acids is 1. The molecule has 0 amide bonds. The van der Waals surface area contributed by atoms with Crippen molar-refractivity contribution in [2.45, 2.75) is 18.5 Å². The number of nitrogen functional groups attached to an aromatic ring is 1. The second-order valence-electron chi connectivity index (χ2n) is 6.53. The van der Waals surface area contributed by atoms with Gasteiger partial charge in [-0.3, -0.25) is 4.79 Å². The van der Waals surface area contributed by atoms with E-state index >= 15 is 0 Å². The van der Waals surface area contributed by atoms with Crippen molar-refractivity contribution in [3.63, 3.8) is 0 Å². The zero-order valence-electron chi connectivity index (χ0n) is 15.7. The summed E-state index contributed by atoms with van der Waals surface area (Å²) in [5, 5.41) is 8.94. The normalized spacial score (nSPS) is 11.1. The maximum atomic E-state index is 13.8. The molecule has 0 unspecified atom stereocenters. The molecular formula is C21H18FN5OS. The molecule has 0 bridgehead atoms. The molecule has 0 aliphatic carbocycles. The lowest BCUT2D eigenvalue weighted by molar-refractivity contribution is 0.101. The molecule has 0 aliphatic rings. The molecule has 2 heterocycles. The van der Waals surface area contributed by atoms with E-state index in [0.29, 0.717) is 17.2 Å². The van der Waals surface area contributed by atoms with Gasteiger partial charge in [-0.15, -0.1) is 10.2 Å². The summed E-state index contributed by atoms with van der Waals surface area (Å²) in [6.45, 7) is 1.89. The van der Waals surface area contributed by atoms with Crippen LogP contribution in [0.15, 0.2) is 59.8 Å². The number of fused-ring (bicyclic) bond motifs is 1. The minimum Gasteiger partial charge on any atom is -0.369 e. The third-order valence-corrected chi connectivity index (χ3v) is 5.51. The predicted molar refractivity (Wildman–Crippen MR) is 111 cm³/mol. The van der Waals surface area contributed by atoms with Crippen molar-refractivity contribution in [3.05, 3.63) is 82.8 Å². The summed E-state index contributed by atoms with van der Waals surface area (Å²) in [5.41, 5.74) is 9.61. The van der Waals surface area contributed by atoms with Gasteiger partial charge in [0.25, 0.3) is 0 Å². The molecular weight excluding hydrogens is 389 g/mol. The van der Waals surface area contributed by atoms with Gasteiger partial charge in [-0.2, -0.15) is 0 Å². The van der Waals surface area contributed by atoms with Gasteiger partial charge in [-0.05, 0) is 24.6 Å². The number of halogens is 1. The van der Waals surface area contributed by atoms with E-state index in [1.165, 1.54) is 12.1 Å². The SMILES string of the molecule is Cc1nc(N)n2c(SCC(=O)c3ccccc3F)nnc2c1Cc1ccccc1. The summed E-state index contributed by atoms with van der Waals surface area (Å²) in [5.74, 6) is -0.595. The molecule has 2 aromatic carbocycles. The van der Waals surface area contributed by atoms with E-state index in [1.54, 1.807) is 16.5 Å². The Labute approximate surface area is 171 Å². The number of benzene rings is 2. The fourth-order valence-corrected chi connectivity index (χ4v) is 3.94. The number of aromatic nitrogens is 4. The average Bonchev–Trinajstić information content (AvgIpc) is 3.15. The van der Waals surface area contributed by atoms with Crippen LogP contribution in [0, 0.1) is 12.7 Å². The Hall–Kier alpha value is -3.26. The third kappa shape index (κ3) is 3.84. The highest BCUT2D eigenvalue weighted by molar-refractivity contribution is 7.99. The second kappa shape index (κ2) is 8.00. The number of Topliss-reactive ketones (excluding diaryl/α,β-unsaturated/α-hetero) is 1. The molecule has 4 rings (SSSR count). The van der Waals surface area contributed by atoms with E-state index in [9.17, 15) is 9.18 Å². The second-order valence-corrected chi connectivity index (χ2v) is 7.47. The van der Waals surface area contributed by atoms with Crippen LogP contribution in [0.2, 0.25) is 0 Å². The maximum absolute atomic E-state index is 13.8. The van der Waals surface area contributed by atoms with Gasteiger partial charge in [0.15, 0.2) is 16.6 Å². The van der Waals surface area contributed by atoms with Gasteiger partial charge in [-0.1, -0.05) is 54.2 Å². The van der Waals surface area contributed by atoms with Gasteiger partial charge < -0.3 is 5.73 Å². The largest absolute Gasteiger partial charge is 0.369 e. The standard InChI is InChI=1S/C21H18FN5OS/c1-13-16(11-14-7-3-2-4-8-14)19-25-26-21(27(19)20(23)24-13)29-12-18(28)15-9-5-6-10-17(15)22/h2-10H,11-12H2,1H3,(H2,23,24). The van der Waals surface area contributed by atoms with Crippen molar-refractivity contribution in [2.24, 2.45) is 0 Å². The lowest BCUT2D eigenvalue weighted by atomic mass is 10.0. The Morgan fingerprint density at radius 2 is 1.83 bits per heavy atom. The van der Waals surface area contributed by atoms with Crippen molar-refractivity contribution in [1.82, 2.24) is 19.6 Å². The van der Waals surface area contributed by atoms with Gasteiger partial charge in [0.1, 0.15) is 5.82 Å². The highest BCUT2D eigenvalue weighted by Gasteiger charge is 2.19. The molecule has 0 spiro atoms. The van der Waals surface area contributed by atoms with Crippen LogP contribution >= 0.6 is 11.8 Å². The van der Waals surface area contributed by atoms with Crippen LogP contribution in [0.1, 0.15) is 27.2 Å². The van der Waals surface area contributed by atoms with Gasteiger partial charge in [0.2, 0.25) is 5.95 Å². The van der Waals surface area contributed by atoms with Crippen molar-refractivity contribution in [3.8, 4) is 0 Å². The van der Waals surface area contributed by atoms with Crippen LogP contribution in [-0.4, -0.2) is 31.1 Å². The van der Waals surface area contributed by atoms with E-state index in [4.69, 9.17) is 5.73 Å². The van der Waals surface area contributed by atoms with Gasteiger partial charge in [0, 0.05) is 17.7 Å². The molecule has 2 aromatic heterocycles. The first-order valence-electron chi connectivity index (χ1n) is 8.99. The number of anilines is 1. The summed E-state index contributed by atoms with van der Waals surface area (Å²) < 4.78 is 15.5. The molecule has 146 valence electrons. The lowest BCUT2D eigenvalue weighted by Crippen LogP contribution is -2.09. The highest BCUT2D eigenvalue weighted by atomic mass is 32.2. The molecule has 0 saturated heterocycles. The number of carbonyl (C=O) groups is 1. The highest BCUT2D eigenvalue weighted by Crippen LogP contribution is 2.25. The molecule has 8 heteroatoms. The van der Waals surface area contributed by atoms with E-state index < -0.39 is 5.82 Å². The van der Waals surface area contributed by atoms with Crippen LogP contribution in [0.25, 0.3) is 5.65 Å². The van der Waals surface area contributed by atoms with Crippen LogP contribution in [0.3, 0.4) is 0 Å². The zero-order valence-corrected chi connectivity index (χ0v) is 16.5. The summed E-state index contributed by atoms with van der Waals surface area (Å²) in [7, 11) is 0. The van der Waals surface area contributed by atoms with Crippen LogP contribution in [0.5, 0.6) is 0 Å². The molecule has 6 nitrogen and oxygen atoms in total. The molecule has 0 fully saturated rings. The Kier molecular flexibility index (Phi) is 5.26. The average molecular weight is 407 g/mol. The van der Waals surface area contributed by atoms with Crippen molar-refractivity contribution >= 4 is 29.1 Å². The Morgan fingerprint density at radius 3 is 2.59 bits per heavy atom. The first kappa shape index (κ1) is 19.1. The van der Waals surface area contributed by atoms with E-state index in [1.807, 2.05) is 37.3 Å². The number of rotatable bonds is 6. The molecule has 29 heavy (non-hydrogen) atoms. The molecule has 0 atom stereocenters. The predicted octanol–water partition coefficient (Wildman–Crippen LogP) is 3.72. The van der Waals surface area contributed by atoms with Crippen molar-refractivity contribution < 1.29 is 9.18 Å².